The number of rotatable bonds is 3. The Hall–Kier alpha value is -2.70. The lowest BCUT2D eigenvalue weighted by Gasteiger charge is -2.31. The highest BCUT2D eigenvalue weighted by Gasteiger charge is 2.33. The van der Waals surface area contributed by atoms with E-state index < -0.39 is 0 Å². The van der Waals surface area contributed by atoms with Crippen molar-refractivity contribution < 1.29 is 19.5 Å². The highest BCUT2D eigenvalue weighted by Crippen LogP contribution is 2.40. The van der Waals surface area contributed by atoms with Crippen molar-refractivity contribution in [1.29, 1.82) is 0 Å². The fourth-order valence-corrected chi connectivity index (χ4v) is 3.71. The minimum absolute atomic E-state index is 0.0481. The number of aromatic nitrogens is 1. The second kappa shape index (κ2) is 7.13. The third-order valence-corrected chi connectivity index (χ3v) is 5.31. The molecule has 2 aromatic rings. The molecular weight excluding hydrogens is 342 g/mol. The molecule has 3 heterocycles. The molecule has 1 fully saturated rings. The number of hydrogen-bond acceptors (Lipinski definition) is 5. The van der Waals surface area contributed by atoms with Gasteiger partial charge in [-0.05, 0) is 37.2 Å². The van der Waals surface area contributed by atoms with Crippen LogP contribution in [-0.2, 0) is 6.54 Å². The van der Waals surface area contributed by atoms with E-state index in [9.17, 15) is 9.90 Å². The topological polar surface area (TPSA) is 69.9 Å². The van der Waals surface area contributed by atoms with Gasteiger partial charge in [0.25, 0.3) is 0 Å². The summed E-state index contributed by atoms with van der Waals surface area (Å²) in [7, 11) is 2.11. The van der Waals surface area contributed by atoms with Gasteiger partial charge in [-0.2, -0.15) is 0 Å². The first-order chi connectivity index (χ1) is 13.0. The molecule has 0 radical (unpaired) electrons. The van der Waals surface area contributed by atoms with Crippen LogP contribution in [0.4, 0.5) is 0 Å². The minimum atomic E-state index is -0.166. The number of aryl methyl sites for hydroxylation is 1. The van der Waals surface area contributed by atoms with Crippen LogP contribution in [0.2, 0.25) is 0 Å². The van der Waals surface area contributed by atoms with Crippen molar-refractivity contribution in [1.82, 2.24) is 9.88 Å². The van der Waals surface area contributed by atoms with E-state index in [1.54, 1.807) is 31.5 Å². The summed E-state index contributed by atoms with van der Waals surface area (Å²) in [5.74, 6) is 0.488. The molecular formula is C21H23N3O3. The predicted molar refractivity (Wildman–Crippen MR) is 99.7 cm³/mol. The molecule has 2 aliphatic heterocycles. The summed E-state index contributed by atoms with van der Waals surface area (Å²) in [5.41, 5.74) is 2.60. The lowest BCUT2D eigenvalue weighted by atomic mass is 9.99. The number of Topliss-reactive ketones (excluding diaryl/α,β-unsaturated/α-hetero) is 1. The van der Waals surface area contributed by atoms with Gasteiger partial charge in [-0.25, -0.2) is 0 Å². The molecule has 4 rings (SSSR count). The van der Waals surface area contributed by atoms with Crippen LogP contribution >= 0.6 is 0 Å². The number of ether oxygens (including phenoxy) is 1. The highest BCUT2D eigenvalue weighted by atomic mass is 16.5. The number of carbonyl (C=O) groups is 1. The summed E-state index contributed by atoms with van der Waals surface area (Å²) < 4.78 is 5.94. The molecule has 0 atom stereocenters. The molecule has 1 saturated heterocycles. The van der Waals surface area contributed by atoms with Crippen molar-refractivity contribution in [2.75, 3.05) is 33.2 Å². The standard InChI is InChI=1S/C21H23N3O3/c1-14-10-17(25)16(13-24-8-6-23(2)7-9-24)21-19(14)20(26)18(27-21)11-15-4-3-5-22-12-15/h3-5,10-12,25H,6-9,13H2,1-2H3. The second-order valence-corrected chi connectivity index (χ2v) is 7.33. The Morgan fingerprint density at radius 3 is 2.85 bits per heavy atom. The Balaban J connectivity index is 1.67. The van der Waals surface area contributed by atoms with Gasteiger partial charge in [-0.15, -0.1) is 0 Å². The maximum atomic E-state index is 12.9. The van der Waals surface area contributed by atoms with E-state index in [1.165, 1.54) is 4.90 Å². The summed E-state index contributed by atoms with van der Waals surface area (Å²) in [4.78, 5) is 20.6. The molecule has 27 heavy (non-hydrogen) atoms. The van der Waals surface area contributed by atoms with Gasteiger partial charge in [0, 0.05) is 31.0 Å². The van der Waals surface area contributed by atoms with Gasteiger partial charge in [0.1, 0.15) is 12.3 Å². The zero-order valence-corrected chi connectivity index (χ0v) is 15.6. The summed E-state index contributed by atoms with van der Waals surface area (Å²) in [5, 5.41) is 12.7. The number of quaternary nitrogens is 1. The van der Waals surface area contributed by atoms with Gasteiger partial charge >= 0.3 is 0 Å². The predicted octanol–water partition coefficient (Wildman–Crippen LogP) is 0.410. The van der Waals surface area contributed by atoms with E-state index >= 15 is 0 Å². The van der Waals surface area contributed by atoms with Crippen molar-refractivity contribution in [2.24, 2.45) is 0 Å². The van der Waals surface area contributed by atoms with Crippen LogP contribution in [0, 0.1) is 6.92 Å². The lowest BCUT2D eigenvalue weighted by Crippen LogP contribution is -3.13. The van der Waals surface area contributed by atoms with E-state index in [4.69, 9.17) is 4.74 Å². The molecule has 6 heteroatoms. The van der Waals surface area contributed by atoms with Crippen LogP contribution in [0.3, 0.4) is 0 Å². The number of pyridine rings is 1. The largest absolute Gasteiger partial charge is 0.872 e. The van der Waals surface area contributed by atoms with Crippen molar-refractivity contribution in [3.8, 4) is 11.5 Å². The number of nitrogens with zero attached hydrogens (tertiary/aromatic N) is 2. The summed E-state index contributed by atoms with van der Waals surface area (Å²) in [6.07, 6.45) is 5.04. The molecule has 1 aromatic carbocycles. The lowest BCUT2D eigenvalue weighted by molar-refractivity contribution is -0.918. The first kappa shape index (κ1) is 17.7. The van der Waals surface area contributed by atoms with E-state index in [1.807, 2.05) is 12.1 Å². The molecule has 0 bridgehead atoms. The van der Waals surface area contributed by atoms with Gasteiger partial charge in [-0.3, -0.25) is 14.7 Å². The molecule has 0 aliphatic carbocycles. The van der Waals surface area contributed by atoms with Crippen LogP contribution in [0.5, 0.6) is 11.5 Å². The number of carbonyl (C=O) groups excluding carboxylic acids is 1. The molecule has 2 aliphatic rings. The van der Waals surface area contributed by atoms with Crippen LogP contribution in [-0.4, -0.2) is 48.9 Å². The Kier molecular flexibility index (Phi) is 4.68. The van der Waals surface area contributed by atoms with Crippen LogP contribution in [0.15, 0.2) is 36.4 Å². The fourth-order valence-electron chi connectivity index (χ4n) is 3.71. The van der Waals surface area contributed by atoms with E-state index in [0.29, 0.717) is 29.0 Å². The first-order valence-electron chi connectivity index (χ1n) is 9.23. The number of fused-ring (bicyclic) bond motifs is 1. The van der Waals surface area contributed by atoms with E-state index in [0.717, 1.165) is 31.7 Å². The summed E-state index contributed by atoms with van der Waals surface area (Å²) >= 11 is 0. The number of ketones is 1. The van der Waals surface area contributed by atoms with Crippen molar-refractivity contribution in [2.45, 2.75) is 13.5 Å². The van der Waals surface area contributed by atoms with E-state index in [2.05, 4.69) is 16.9 Å². The average molecular weight is 365 g/mol. The minimum Gasteiger partial charge on any atom is -0.872 e. The molecule has 0 unspecified atom stereocenters. The van der Waals surface area contributed by atoms with Crippen LogP contribution < -0.4 is 14.7 Å². The Bertz CT molecular complexity index is 901. The molecule has 140 valence electrons. The Morgan fingerprint density at radius 1 is 1.37 bits per heavy atom. The van der Waals surface area contributed by atoms with Crippen molar-refractivity contribution >= 4 is 11.9 Å². The molecule has 0 amide bonds. The second-order valence-electron chi connectivity index (χ2n) is 7.33. The Morgan fingerprint density at radius 2 is 2.15 bits per heavy atom. The zero-order chi connectivity index (χ0) is 19.0. The molecule has 1 aromatic heterocycles. The van der Waals surface area contributed by atoms with Crippen molar-refractivity contribution in [3.63, 3.8) is 0 Å². The van der Waals surface area contributed by atoms with Crippen LogP contribution in [0.25, 0.3) is 6.08 Å². The number of likely N-dealkylation sites (N-methyl/N-ethyl adjacent to an activating group) is 1. The van der Waals surface area contributed by atoms with Gasteiger partial charge in [0.15, 0.2) is 5.76 Å². The third kappa shape index (κ3) is 3.46. The fraction of sp³-hybridized carbons (Fsp3) is 0.333. The number of hydrogen-bond donors (Lipinski definition) is 1. The first-order valence-corrected chi connectivity index (χ1v) is 9.23. The third-order valence-electron chi connectivity index (χ3n) is 5.31. The van der Waals surface area contributed by atoms with Gasteiger partial charge in [0.05, 0.1) is 18.7 Å². The number of allylic oxidation sites excluding steroid dienone is 1. The highest BCUT2D eigenvalue weighted by molar-refractivity contribution is 6.15. The smallest absolute Gasteiger partial charge is 0.232 e. The normalized spacial score (nSPS) is 19.3. The van der Waals surface area contributed by atoms with Crippen molar-refractivity contribution in [3.05, 3.63) is 58.6 Å². The summed E-state index contributed by atoms with van der Waals surface area (Å²) in [6, 6.07) is 5.24. The van der Waals surface area contributed by atoms with Gasteiger partial charge < -0.3 is 14.7 Å². The molecule has 6 nitrogen and oxygen atoms in total. The van der Waals surface area contributed by atoms with Gasteiger partial charge in [-0.1, -0.05) is 17.9 Å². The maximum absolute atomic E-state index is 12.9. The molecule has 0 spiro atoms. The number of nitrogens with one attached hydrogen (secondary N) is 1. The number of benzene rings is 1. The van der Waals surface area contributed by atoms with Gasteiger partial charge in [0.2, 0.25) is 5.78 Å². The molecule has 1 N–H and O–H groups in total. The quantitative estimate of drug-likeness (QED) is 0.798. The summed E-state index contributed by atoms with van der Waals surface area (Å²) in [6.45, 7) is 6.34. The SMILES string of the molecule is Cc1cc([O-])c(C[NH+]2CCN(C)CC2)c2c1C(=O)C(=Cc1cccnc1)O2. The van der Waals surface area contributed by atoms with Crippen LogP contribution in [0.1, 0.15) is 27.0 Å². The monoisotopic (exact) mass is 365 g/mol. The molecule has 0 saturated carbocycles. The van der Waals surface area contributed by atoms with E-state index in [-0.39, 0.29) is 17.3 Å². The number of piperazine rings is 1. The Labute approximate surface area is 158 Å². The maximum Gasteiger partial charge on any atom is 0.232 e. The zero-order valence-electron chi connectivity index (χ0n) is 15.6. The average Bonchev–Trinajstić information content (AvgIpc) is 2.98.